The van der Waals surface area contributed by atoms with E-state index in [1.54, 1.807) is 19.2 Å². The molecule has 1 atom stereocenters. The van der Waals surface area contributed by atoms with E-state index in [1.165, 1.54) is 6.20 Å². The first-order valence-electron chi connectivity index (χ1n) is 5.40. The van der Waals surface area contributed by atoms with Crippen LogP contribution in [0.2, 0.25) is 0 Å². The molecular formula is C12H17FN2O. The number of halogens is 1. The van der Waals surface area contributed by atoms with Crippen LogP contribution in [0.1, 0.15) is 20.8 Å². The predicted molar refractivity (Wildman–Crippen MR) is 60.8 cm³/mol. The highest BCUT2D eigenvalue weighted by Gasteiger charge is 2.48. The lowest BCUT2D eigenvalue weighted by Crippen LogP contribution is -2.40. The zero-order chi connectivity index (χ0) is 12.0. The number of β-amino-alcohol motifs (C(OH)–C–C–N with tert-alkyl or cyclic N) is 1. The van der Waals surface area contributed by atoms with Gasteiger partial charge in [-0.05, 0) is 13.0 Å². The Morgan fingerprint density at radius 1 is 1.38 bits per heavy atom. The molecule has 1 fully saturated rings. The molecule has 0 aliphatic carbocycles. The van der Waals surface area contributed by atoms with Gasteiger partial charge in [0, 0.05) is 24.7 Å². The minimum atomic E-state index is -0.803. The maximum Gasteiger partial charge on any atom is 0.164 e. The topological polar surface area (TPSA) is 36.4 Å². The first kappa shape index (κ1) is 11.3. The number of hydrogen-bond acceptors (Lipinski definition) is 3. The maximum atomic E-state index is 13.6. The van der Waals surface area contributed by atoms with E-state index in [0.717, 1.165) is 0 Å². The first-order valence-corrected chi connectivity index (χ1v) is 5.40. The minimum absolute atomic E-state index is 0.247. The van der Waals surface area contributed by atoms with Gasteiger partial charge in [-0.2, -0.15) is 0 Å². The fourth-order valence-electron chi connectivity index (χ4n) is 2.08. The Hall–Kier alpha value is -1.16. The number of hydrogen-bond donors (Lipinski definition) is 1. The summed E-state index contributed by atoms with van der Waals surface area (Å²) in [6.07, 6.45) is 2.77. The third-order valence-electron chi connectivity index (χ3n) is 3.63. The fourth-order valence-corrected chi connectivity index (χ4v) is 2.08. The molecule has 1 aromatic heterocycles. The van der Waals surface area contributed by atoms with E-state index in [2.05, 4.69) is 4.98 Å². The van der Waals surface area contributed by atoms with Crippen molar-refractivity contribution in [1.82, 2.24) is 4.98 Å². The summed E-state index contributed by atoms with van der Waals surface area (Å²) in [5.74, 6) is -0.337. The van der Waals surface area contributed by atoms with Gasteiger partial charge in [-0.15, -0.1) is 0 Å². The summed E-state index contributed by atoms with van der Waals surface area (Å²) in [5.41, 5.74) is -0.536. The molecule has 0 radical (unpaired) electrons. The highest BCUT2D eigenvalue weighted by molar-refractivity contribution is 5.48. The Balaban J connectivity index is 2.31. The number of pyridine rings is 1. The highest BCUT2D eigenvalue weighted by Crippen LogP contribution is 2.40. The van der Waals surface area contributed by atoms with Crippen molar-refractivity contribution in [3.63, 3.8) is 0 Å². The molecule has 4 heteroatoms. The molecule has 1 N–H and O–H groups in total. The molecule has 2 heterocycles. The van der Waals surface area contributed by atoms with Crippen LogP contribution < -0.4 is 4.90 Å². The lowest BCUT2D eigenvalue weighted by atomic mass is 9.79. The van der Waals surface area contributed by atoms with Gasteiger partial charge in [-0.1, -0.05) is 13.8 Å². The van der Waals surface area contributed by atoms with Crippen molar-refractivity contribution in [2.45, 2.75) is 26.4 Å². The number of aromatic nitrogens is 1. The molecule has 3 nitrogen and oxygen atoms in total. The third-order valence-corrected chi connectivity index (χ3v) is 3.63. The second-order valence-electron chi connectivity index (χ2n) is 5.34. The van der Waals surface area contributed by atoms with Crippen LogP contribution in [0.25, 0.3) is 0 Å². The monoisotopic (exact) mass is 224 g/mol. The largest absolute Gasteiger partial charge is 0.388 e. The van der Waals surface area contributed by atoms with Crippen LogP contribution in [0.15, 0.2) is 18.5 Å². The van der Waals surface area contributed by atoms with E-state index in [-0.39, 0.29) is 11.2 Å². The summed E-state index contributed by atoms with van der Waals surface area (Å²) >= 11 is 0. The van der Waals surface area contributed by atoms with Crippen molar-refractivity contribution in [1.29, 1.82) is 0 Å². The average molecular weight is 224 g/mol. The van der Waals surface area contributed by atoms with Crippen LogP contribution in [0.5, 0.6) is 0 Å². The van der Waals surface area contributed by atoms with Crippen molar-refractivity contribution in [3.05, 3.63) is 24.3 Å². The lowest BCUT2D eigenvalue weighted by molar-refractivity contribution is -0.00890. The van der Waals surface area contributed by atoms with E-state index in [0.29, 0.717) is 18.8 Å². The molecule has 1 aliphatic heterocycles. The lowest BCUT2D eigenvalue weighted by Gasteiger charge is -2.30. The van der Waals surface area contributed by atoms with Crippen molar-refractivity contribution < 1.29 is 9.50 Å². The molecule has 0 bridgehead atoms. The van der Waals surface area contributed by atoms with Gasteiger partial charge < -0.3 is 10.0 Å². The molecule has 0 aromatic carbocycles. The second-order valence-corrected chi connectivity index (χ2v) is 5.34. The Labute approximate surface area is 94.9 Å². The number of rotatable bonds is 1. The molecule has 0 saturated carbocycles. The maximum absolute atomic E-state index is 13.6. The summed E-state index contributed by atoms with van der Waals surface area (Å²) < 4.78 is 13.6. The van der Waals surface area contributed by atoms with Gasteiger partial charge in [0.2, 0.25) is 0 Å². The smallest absolute Gasteiger partial charge is 0.164 e. The second kappa shape index (κ2) is 3.42. The van der Waals surface area contributed by atoms with E-state index < -0.39 is 5.60 Å². The molecule has 0 amide bonds. The van der Waals surface area contributed by atoms with E-state index in [9.17, 15) is 9.50 Å². The Kier molecular flexibility index (Phi) is 2.42. The standard InChI is InChI=1S/C12H17FN2O/c1-11(2)7-15(8-12(11,3)16)10-4-5-14-6-9(10)13/h4-6,16H,7-8H2,1-3H3/t12-/m0/s1. The van der Waals surface area contributed by atoms with Crippen molar-refractivity contribution in [3.8, 4) is 0 Å². The molecule has 2 rings (SSSR count). The SMILES string of the molecule is CC1(C)CN(c2ccncc2F)C[C@]1(C)O. The highest BCUT2D eigenvalue weighted by atomic mass is 19.1. The zero-order valence-electron chi connectivity index (χ0n) is 9.87. The Bertz CT molecular complexity index is 388. The molecule has 1 aromatic rings. The predicted octanol–water partition coefficient (Wildman–Crippen LogP) is 1.82. The van der Waals surface area contributed by atoms with Gasteiger partial charge in [0.1, 0.15) is 0 Å². The number of aliphatic hydroxyl groups is 1. The molecule has 88 valence electrons. The summed E-state index contributed by atoms with van der Waals surface area (Å²) in [5, 5.41) is 10.3. The van der Waals surface area contributed by atoms with Crippen LogP contribution in [-0.4, -0.2) is 28.8 Å². The summed E-state index contributed by atoms with van der Waals surface area (Å²) in [6.45, 7) is 6.87. The zero-order valence-corrected chi connectivity index (χ0v) is 9.87. The van der Waals surface area contributed by atoms with E-state index >= 15 is 0 Å². The molecular weight excluding hydrogens is 207 g/mol. The normalized spacial score (nSPS) is 28.4. The Morgan fingerprint density at radius 2 is 2.06 bits per heavy atom. The minimum Gasteiger partial charge on any atom is -0.388 e. The van der Waals surface area contributed by atoms with Crippen molar-refractivity contribution in [2.75, 3.05) is 18.0 Å². The van der Waals surface area contributed by atoms with Crippen LogP contribution in [0.4, 0.5) is 10.1 Å². The summed E-state index contributed by atoms with van der Waals surface area (Å²) in [6, 6.07) is 1.65. The van der Waals surface area contributed by atoms with Crippen LogP contribution in [0.3, 0.4) is 0 Å². The van der Waals surface area contributed by atoms with Gasteiger partial charge in [0.05, 0.1) is 17.5 Å². The van der Waals surface area contributed by atoms with Gasteiger partial charge in [-0.25, -0.2) is 4.39 Å². The molecule has 0 unspecified atom stereocenters. The van der Waals surface area contributed by atoms with Crippen LogP contribution >= 0.6 is 0 Å². The summed E-state index contributed by atoms with van der Waals surface area (Å²) in [7, 11) is 0. The molecule has 1 saturated heterocycles. The van der Waals surface area contributed by atoms with Crippen molar-refractivity contribution >= 4 is 5.69 Å². The number of nitrogens with zero attached hydrogens (tertiary/aromatic N) is 2. The average Bonchev–Trinajstić information content (AvgIpc) is 2.36. The van der Waals surface area contributed by atoms with Gasteiger partial charge in [0.25, 0.3) is 0 Å². The van der Waals surface area contributed by atoms with E-state index in [4.69, 9.17) is 0 Å². The third kappa shape index (κ3) is 1.67. The molecule has 0 spiro atoms. The van der Waals surface area contributed by atoms with Gasteiger partial charge in [-0.3, -0.25) is 4.98 Å². The quantitative estimate of drug-likeness (QED) is 0.790. The van der Waals surface area contributed by atoms with Crippen LogP contribution in [-0.2, 0) is 0 Å². The summed E-state index contributed by atoms with van der Waals surface area (Å²) in [4.78, 5) is 5.60. The molecule has 16 heavy (non-hydrogen) atoms. The molecule has 1 aliphatic rings. The van der Waals surface area contributed by atoms with Crippen LogP contribution in [0, 0.1) is 11.2 Å². The fraction of sp³-hybridized carbons (Fsp3) is 0.583. The van der Waals surface area contributed by atoms with E-state index in [1.807, 2.05) is 18.7 Å². The van der Waals surface area contributed by atoms with Gasteiger partial charge in [0.15, 0.2) is 5.82 Å². The first-order chi connectivity index (χ1) is 7.33. The Morgan fingerprint density at radius 3 is 2.56 bits per heavy atom. The number of anilines is 1. The van der Waals surface area contributed by atoms with Gasteiger partial charge >= 0.3 is 0 Å². The van der Waals surface area contributed by atoms with Crippen molar-refractivity contribution in [2.24, 2.45) is 5.41 Å².